The summed E-state index contributed by atoms with van der Waals surface area (Å²) in [6.07, 6.45) is -0.930. The van der Waals surface area contributed by atoms with E-state index in [0.717, 1.165) is 5.56 Å². The van der Waals surface area contributed by atoms with Crippen molar-refractivity contribution in [2.45, 2.75) is 26.4 Å². The fourth-order valence-corrected chi connectivity index (χ4v) is 3.38. The zero-order valence-electron chi connectivity index (χ0n) is 17.5. The van der Waals surface area contributed by atoms with Gasteiger partial charge in [-0.1, -0.05) is 29.8 Å². The highest BCUT2D eigenvalue weighted by atomic mass is 16.5. The molecule has 0 aromatic heterocycles. The number of methoxy groups -OCH3 is 2. The van der Waals surface area contributed by atoms with Crippen LogP contribution >= 0.6 is 0 Å². The summed E-state index contributed by atoms with van der Waals surface area (Å²) in [6.45, 7) is 3.62. The molecular formula is C23H25NO6. The highest BCUT2D eigenvalue weighted by Gasteiger charge is 2.38. The minimum Gasteiger partial charge on any atom is -0.497 e. The molecule has 30 heavy (non-hydrogen) atoms. The molecule has 1 saturated heterocycles. The van der Waals surface area contributed by atoms with E-state index in [1.54, 1.807) is 37.3 Å². The molecule has 1 aliphatic heterocycles. The Bertz CT molecular complexity index is 953. The molecule has 2 aromatic carbocycles. The summed E-state index contributed by atoms with van der Waals surface area (Å²) < 4.78 is 16.0. The van der Waals surface area contributed by atoms with Crippen molar-refractivity contribution in [1.29, 1.82) is 0 Å². The number of carbonyl (C=O) groups excluding carboxylic acids is 3. The van der Waals surface area contributed by atoms with E-state index in [1.165, 1.54) is 19.1 Å². The molecule has 0 saturated carbocycles. The molecule has 2 atom stereocenters. The molecule has 1 amide bonds. The first-order valence-electron chi connectivity index (χ1n) is 9.67. The van der Waals surface area contributed by atoms with Crippen molar-refractivity contribution < 1.29 is 28.6 Å². The van der Waals surface area contributed by atoms with Crippen LogP contribution in [0.15, 0.2) is 42.5 Å². The van der Waals surface area contributed by atoms with Gasteiger partial charge in [0.2, 0.25) is 11.7 Å². The Balaban J connectivity index is 1.69. The standard InChI is InChI=1S/C23H25NO6/c1-14-5-7-16(8-6-14)22(26)15(2)30-23(27)17-11-21(25)24(13-17)19-12-18(28-3)9-10-20(19)29-4/h5-10,12,15,17H,11,13H2,1-4H3/t15-,17-/m0/s1. The summed E-state index contributed by atoms with van der Waals surface area (Å²) in [7, 11) is 3.04. The van der Waals surface area contributed by atoms with Gasteiger partial charge in [-0.05, 0) is 26.0 Å². The van der Waals surface area contributed by atoms with Gasteiger partial charge < -0.3 is 19.1 Å². The summed E-state index contributed by atoms with van der Waals surface area (Å²) in [5, 5.41) is 0. The van der Waals surface area contributed by atoms with Crippen molar-refractivity contribution in [2.75, 3.05) is 25.7 Å². The second-order valence-electron chi connectivity index (χ2n) is 7.25. The lowest BCUT2D eigenvalue weighted by molar-refractivity contribution is -0.151. The SMILES string of the molecule is COc1ccc(OC)c(N2C[C@@H](C(=O)O[C@@H](C)C(=O)c3ccc(C)cc3)CC2=O)c1. The van der Waals surface area contributed by atoms with Crippen LogP contribution < -0.4 is 14.4 Å². The lowest BCUT2D eigenvalue weighted by Crippen LogP contribution is -2.30. The van der Waals surface area contributed by atoms with Gasteiger partial charge in [-0.15, -0.1) is 0 Å². The van der Waals surface area contributed by atoms with Crippen molar-refractivity contribution in [3.63, 3.8) is 0 Å². The van der Waals surface area contributed by atoms with Crippen molar-refractivity contribution in [3.8, 4) is 11.5 Å². The first-order chi connectivity index (χ1) is 14.3. The van der Waals surface area contributed by atoms with Gasteiger partial charge in [0, 0.05) is 24.6 Å². The molecule has 2 aromatic rings. The van der Waals surface area contributed by atoms with Gasteiger partial charge in [0.1, 0.15) is 11.5 Å². The van der Waals surface area contributed by atoms with Crippen molar-refractivity contribution in [2.24, 2.45) is 5.92 Å². The maximum atomic E-state index is 12.6. The van der Waals surface area contributed by atoms with Crippen LogP contribution in [0.1, 0.15) is 29.3 Å². The molecule has 0 unspecified atom stereocenters. The van der Waals surface area contributed by atoms with Gasteiger partial charge in [0.05, 0.1) is 25.8 Å². The fraction of sp³-hybridized carbons (Fsp3) is 0.348. The third kappa shape index (κ3) is 4.45. The Hall–Kier alpha value is -3.35. The monoisotopic (exact) mass is 411 g/mol. The number of hydrogen-bond acceptors (Lipinski definition) is 6. The number of aryl methyl sites for hydroxylation is 1. The second kappa shape index (κ2) is 8.98. The minimum absolute atomic E-state index is 0.00460. The van der Waals surface area contributed by atoms with Gasteiger partial charge in [0.25, 0.3) is 0 Å². The van der Waals surface area contributed by atoms with Crippen LogP contribution in [0, 0.1) is 12.8 Å². The van der Waals surface area contributed by atoms with Gasteiger partial charge in [0.15, 0.2) is 6.10 Å². The van der Waals surface area contributed by atoms with Gasteiger partial charge in [-0.25, -0.2) is 0 Å². The highest BCUT2D eigenvalue weighted by Crippen LogP contribution is 2.36. The normalized spacial score (nSPS) is 16.9. The fourth-order valence-electron chi connectivity index (χ4n) is 3.38. The summed E-state index contributed by atoms with van der Waals surface area (Å²) in [5.74, 6) is -0.662. The van der Waals surface area contributed by atoms with E-state index in [0.29, 0.717) is 22.7 Å². The summed E-state index contributed by atoms with van der Waals surface area (Å²) in [6, 6.07) is 12.2. The number of amides is 1. The van der Waals surface area contributed by atoms with E-state index in [2.05, 4.69) is 0 Å². The van der Waals surface area contributed by atoms with Crippen LogP contribution in [-0.2, 0) is 14.3 Å². The Kier molecular flexibility index (Phi) is 6.40. The molecule has 1 fully saturated rings. The molecule has 0 bridgehead atoms. The molecule has 0 N–H and O–H groups in total. The highest BCUT2D eigenvalue weighted by molar-refractivity contribution is 6.02. The maximum absolute atomic E-state index is 12.6. The molecule has 3 rings (SSSR count). The number of esters is 1. The summed E-state index contributed by atoms with van der Waals surface area (Å²) in [4.78, 5) is 39.2. The molecule has 7 heteroatoms. The zero-order valence-corrected chi connectivity index (χ0v) is 17.5. The molecular weight excluding hydrogens is 386 g/mol. The molecule has 0 aliphatic carbocycles. The molecule has 0 radical (unpaired) electrons. The minimum atomic E-state index is -0.935. The number of rotatable bonds is 7. The molecule has 7 nitrogen and oxygen atoms in total. The largest absolute Gasteiger partial charge is 0.497 e. The zero-order chi connectivity index (χ0) is 21.8. The summed E-state index contributed by atoms with van der Waals surface area (Å²) >= 11 is 0. The van der Waals surface area contributed by atoms with E-state index >= 15 is 0 Å². The Morgan fingerprint density at radius 2 is 1.77 bits per heavy atom. The van der Waals surface area contributed by atoms with E-state index in [4.69, 9.17) is 14.2 Å². The van der Waals surface area contributed by atoms with Crippen LogP contribution in [0.4, 0.5) is 5.69 Å². The lowest BCUT2D eigenvalue weighted by Gasteiger charge is -2.20. The third-order valence-corrected chi connectivity index (χ3v) is 5.13. The number of hydrogen-bond donors (Lipinski definition) is 0. The average Bonchev–Trinajstić information content (AvgIpc) is 3.14. The number of anilines is 1. The van der Waals surface area contributed by atoms with Crippen LogP contribution in [-0.4, -0.2) is 44.5 Å². The van der Waals surface area contributed by atoms with E-state index < -0.39 is 18.0 Å². The van der Waals surface area contributed by atoms with Crippen molar-refractivity contribution >= 4 is 23.3 Å². The van der Waals surface area contributed by atoms with Crippen molar-refractivity contribution in [3.05, 3.63) is 53.6 Å². The van der Waals surface area contributed by atoms with E-state index in [9.17, 15) is 14.4 Å². The first kappa shape index (κ1) is 21.4. The van der Waals surface area contributed by atoms with Crippen LogP contribution in [0.3, 0.4) is 0 Å². The Morgan fingerprint density at radius 1 is 1.07 bits per heavy atom. The topological polar surface area (TPSA) is 82.1 Å². The summed E-state index contributed by atoms with van der Waals surface area (Å²) in [5.41, 5.74) is 2.04. The average molecular weight is 411 g/mol. The predicted octanol–water partition coefficient (Wildman–Crippen LogP) is 3.18. The van der Waals surface area contributed by atoms with Crippen LogP contribution in [0.25, 0.3) is 0 Å². The van der Waals surface area contributed by atoms with Crippen LogP contribution in [0.2, 0.25) is 0 Å². The predicted molar refractivity (Wildman–Crippen MR) is 111 cm³/mol. The van der Waals surface area contributed by atoms with Gasteiger partial charge in [-0.3, -0.25) is 14.4 Å². The molecule has 158 valence electrons. The number of nitrogens with zero attached hydrogens (tertiary/aromatic N) is 1. The number of ether oxygens (including phenoxy) is 3. The number of benzene rings is 2. The van der Waals surface area contributed by atoms with E-state index in [1.807, 2.05) is 19.1 Å². The number of carbonyl (C=O) groups is 3. The smallest absolute Gasteiger partial charge is 0.312 e. The van der Waals surface area contributed by atoms with Gasteiger partial charge in [-0.2, -0.15) is 0 Å². The third-order valence-electron chi connectivity index (χ3n) is 5.13. The van der Waals surface area contributed by atoms with Crippen molar-refractivity contribution in [1.82, 2.24) is 0 Å². The quantitative estimate of drug-likeness (QED) is 0.514. The number of Topliss-reactive ketones (excluding diaryl/α,β-unsaturated/α-hetero) is 1. The maximum Gasteiger partial charge on any atom is 0.312 e. The molecule has 0 spiro atoms. The Morgan fingerprint density at radius 3 is 2.40 bits per heavy atom. The Labute approximate surface area is 175 Å². The molecule has 1 heterocycles. The first-order valence-corrected chi connectivity index (χ1v) is 9.67. The second-order valence-corrected chi connectivity index (χ2v) is 7.25. The van der Waals surface area contributed by atoms with Crippen LogP contribution in [0.5, 0.6) is 11.5 Å². The molecule has 1 aliphatic rings. The number of ketones is 1. The lowest BCUT2D eigenvalue weighted by atomic mass is 10.1. The van der Waals surface area contributed by atoms with E-state index in [-0.39, 0.29) is 24.7 Å². The van der Waals surface area contributed by atoms with Gasteiger partial charge >= 0.3 is 5.97 Å².